The highest BCUT2D eigenvalue weighted by molar-refractivity contribution is 5.94. The van der Waals surface area contributed by atoms with Crippen molar-refractivity contribution in [2.24, 2.45) is 5.92 Å². The van der Waals surface area contributed by atoms with Crippen molar-refractivity contribution in [2.45, 2.75) is 66.1 Å². The van der Waals surface area contributed by atoms with Crippen LogP contribution < -0.4 is 5.32 Å². The first-order chi connectivity index (χ1) is 12.4. The number of hydrogen-bond acceptors (Lipinski definition) is 3. The molecule has 1 saturated heterocycles. The van der Waals surface area contributed by atoms with Crippen molar-refractivity contribution in [1.29, 1.82) is 0 Å². The molecule has 1 fully saturated rings. The molecule has 0 radical (unpaired) electrons. The molecule has 1 aromatic carbocycles. The third kappa shape index (κ3) is 6.10. The zero-order chi connectivity index (χ0) is 19.1. The lowest BCUT2D eigenvalue weighted by molar-refractivity contribution is 0.0917. The van der Waals surface area contributed by atoms with Gasteiger partial charge in [0.05, 0.1) is 0 Å². The number of rotatable bonds is 8. The van der Waals surface area contributed by atoms with Gasteiger partial charge in [-0.3, -0.25) is 14.6 Å². The number of amides is 1. The topological polar surface area (TPSA) is 35.6 Å². The first-order valence-electron chi connectivity index (χ1n) is 10.3. The fourth-order valence-electron chi connectivity index (χ4n) is 3.75. The predicted molar refractivity (Wildman–Crippen MR) is 109 cm³/mol. The summed E-state index contributed by atoms with van der Waals surface area (Å²) in [7, 11) is 0. The van der Waals surface area contributed by atoms with Crippen molar-refractivity contribution in [2.75, 3.05) is 26.2 Å². The van der Waals surface area contributed by atoms with E-state index in [-0.39, 0.29) is 5.91 Å². The molecule has 2 atom stereocenters. The summed E-state index contributed by atoms with van der Waals surface area (Å²) in [5, 5.41) is 3.11. The van der Waals surface area contributed by atoms with Crippen LogP contribution in [-0.2, 0) is 6.54 Å². The van der Waals surface area contributed by atoms with E-state index in [2.05, 4.69) is 61.9 Å². The lowest BCUT2D eigenvalue weighted by Gasteiger charge is -2.35. The van der Waals surface area contributed by atoms with Crippen LogP contribution in [0.5, 0.6) is 0 Å². The molecule has 2 unspecified atom stereocenters. The molecule has 1 heterocycles. The Kier molecular flexibility index (Phi) is 8.11. The molecule has 0 aromatic heterocycles. The van der Waals surface area contributed by atoms with Gasteiger partial charge in [-0.05, 0) is 70.3 Å². The SMILES string of the molecule is CCN(Cc1ccc(C(=O)NCC(C)N2CCCC(C)C2)cc1)C(C)C. The molecule has 0 spiro atoms. The number of piperidine rings is 1. The summed E-state index contributed by atoms with van der Waals surface area (Å²) in [4.78, 5) is 17.4. The van der Waals surface area contributed by atoms with Crippen LogP contribution in [0.2, 0.25) is 0 Å². The van der Waals surface area contributed by atoms with Gasteiger partial charge in [0.2, 0.25) is 0 Å². The van der Waals surface area contributed by atoms with Gasteiger partial charge in [0, 0.05) is 37.3 Å². The molecule has 1 amide bonds. The van der Waals surface area contributed by atoms with Crippen LogP contribution in [0.3, 0.4) is 0 Å². The summed E-state index contributed by atoms with van der Waals surface area (Å²) in [6.45, 7) is 16.1. The summed E-state index contributed by atoms with van der Waals surface area (Å²) in [6, 6.07) is 8.98. The van der Waals surface area contributed by atoms with Crippen LogP contribution in [0.4, 0.5) is 0 Å². The van der Waals surface area contributed by atoms with E-state index in [0.29, 0.717) is 18.6 Å². The van der Waals surface area contributed by atoms with Crippen molar-refractivity contribution < 1.29 is 4.79 Å². The smallest absolute Gasteiger partial charge is 0.251 e. The number of benzene rings is 1. The molecule has 1 N–H and O–H groups in total. The largest absolute Gasteiger partial charge is 0.350 e. The third-order valence-corrected chi connectivity index (χ3v) is 5.61. The second kappa shape index (κ2) is 10.1. The van der Waals surface area contributed by atoms with Gasteiger partial charge >= 0.3 is 0 Å². The Hall–Kier alpha value is -1.39. The molecular weight excluding hydrogens is 322 g/mol. The summed E-state index contributed by atoms with van der Waals surface area (Å²) in [5.41, 5.74) is 2.01. The van der Waals surface area contributed by atoms with Gasteiger partial charge in [0.15, 0.2) is 0 Å². The van der Waals surface area contributed by atoms with Crippen molar-refractivity contribution in [1.82, 2.24) is 15.1 Å². The van der Waals surface area contributed by atoms with E-state index in [0.717, 1.165) is 37.7 Å². The van der Waals surface area contributed by atoms with Gasteiger partial charge < -0.3 is 5.32 Å². The van der Waals surface area contributed by atoms with Crippen LogP contribution in [0.15, 0.2) is 24.3 Å². The minimum atomic E-state index is 0.0321. The summed E-state index contributed by atoms with van der Waals surface area (Å²) in [6.07, 6.45) is 2.60. The van der Waals surface area contributed by atoms with Crippen molar-refractivity contribution in [3.05, 3.63) is 35.4 Å². The Labute approximate surface area is 159 Å². The lowest BCUT2D eigenvalue weighted by Crippen LogP contribution is -2.46. The summed E-state index contributed by atoms with van der Waals surface area (Å²) < 4.78 is 0. The standard InChI is InChI=1S/C22H37N3O/c1-6-24(17(2)3)16-20-9-11-21(12-10-20)22(26)23-14-19(5)25-13-7-8-18(4)15-25/h9-12,17-19H,6-8,13-16H2,1-5H3,(H,23,26). The molecule has 1 aromatic rings. The molecule has 4 heteroatoms. The average Bonchev–Trinajstić information content (AvgIpc) is 2.64. The minimum absolute atomic E-state index is 0.0321. The maximum atomic E-state index is 12.5. The van der Waals surface area contributed by atoms with Gasteiger partial charge in [-0.2, -0.15) is 0 Å². The third-order valence-electron chi connectivity index (χ3n) is 5.61. The number of hydrogen-bond donors (Lipinski definition) is 1. The van der Waals surface area contributed by atoms with E-state index < -0.39 is 0 Å². The van der Waals surface area contributed by atoms with Crippen molar-refractivity contribution >= 4 is 5.91 Å². The van der Waals surface area contributed by atoms with Crippen molar-refractivity contribution in [3.8, 4) is 0 Å². The van der Waals surface area contributed by atoms with Gasteiger partial charge in [-0.25, -0.2) is 0 Å². The summed E-state index contributed by atoms with van der Waals surface area (Å²) >= 11 is 0. The Morgan fingerprint density at radius 3 is 2.54 bits per heavy atom. The first kappa shape index (κ1) is 20.9. The zero-order valence-electron chi connectivity index (χ0n) is 17.3. The highest BCUT2D eigenvalue weighted by atomic mass is 16.1. The van der Waals surface area contributed by atoms with Gasteiger partial charge in [-0.15, -0.1) is 0 Å². The van der Waals surface area contributed by atoms with Crippen LogP contribution in [0.25, 0.3) is 0 Å². The number of nitrogens with zero attached hydrogens (tertiary/aromatic N) is 2. The van der Waals surface area contributed by atoms with Crippen LogP contribution in [0.1, 0.15) is 63.4 Å². The molecule has 4 nitrogen and oxygen atoms in total. The molecule has 146 valence electrons. The van der Waals surface area contributed by atoms with E-state index in [1.54, 1.807) is 0 Å². The first-order valence-corrected chi connectivity index (χ1v) is 10.3. The second-order valence-corrected chi connectivity index (χ2v) is 8.16. The number of nitrogens with one attached hydrogen (secondary N) is 1. The molecule has 1 aliphatic heterocycles. The number of likely N-dealkylation sites (tertiary alicyclic amines) is 1. The van der Waals surface area contributed by atoms with Gasteiger partial charge in [0.1, 0.15) is 0 Å². The average molecular weight is 360 g/mol. The fourth-order valence-corrected chi connectivity index (χ4v) is 3.75. The van der Waals surface area contributed by atoms with E-state index in [9.17, 15) is 4.79 Å². The Morgan fingerprint density at radius 2 is 1.96 bits per heavy atom. The maximum absolute atomic E-state index is 12.5. The molecule has 1 aliphatic rings. The van der Waals surface area contributed by atoms with E-state index in [1.165, 1.54) is 18.4 Å². The molecular formula is C22H37N3O. The van der Waals surface area contributed by atoms with Crippen LogP contribution >= 0.6 is 0 Å². The summed E-state index contributed by atoms with van der Waals surface area (Å²) in [5.74, 6) is 0.799. The van der Waals surface area contributed by atoms with Crippen LogP contribution in [0, 0.1) is 5.92 Å². The Bertz CT molecular complexity index is 555. The molecule has 0 bridgehead atoms. The highest BCUT2D eigenvalue weighted by Gasteiger charge is 2.21. The second-order valence-electron chi connectivity index (χ2n) is 8.16. The number of carbonyl (C=O) groups is 1. The van der Waals surface area contributed by atoms with E-state index >= 15 is 0 Å². The quantitative estimate of drug-likeness (QED) is 0.767. The predicted octanol–water partition coefficient (Wildman–Crippen LogP) is 3.77. The molecule has 0 saturated carbocycles. The lowest BCUT2D eigenvalue weighted by atomic mass is 9.99. The van der Waals surface area contributed by atoms with Crippen LogP contribution in [-0.4, -0.2) is 54.0 Å². The number of carbonyl (C=O) groups excluding carboxylic acids is 1. The zero-order valence-corrected chi connectivity index (χ0v) is 17.3. The Balaban J connectivity index is 1.83. The Morgan fingerprint density at radius 1 is 1.27 bits per heavy atom. The molecule has 26 heavy (non-hydrogen) atoms. The van der Waals surface area contributed by atoms with Gasteiger partial charge in [-0.1, -0.05) is 26.0 Å². The normalized spacial score (nSPS) is 19.7. The maximum Gasteiger partial charge on any atom is 0.251 e. The molecule has 2 rings (SSSR count). The van der Waals surface area contributed by atoms with Crippen molar-refractivity contribution in [3.63, 3.8) is 0 Å². The highest BCUT2D eigenvalue weighted by Crippen LogP contribution is 2.17. The monoisotopic (exact) mass is 359 g/mol. The van der Waals surface area contributed by atoms with E-state index in [1.807, 2.05) is 12.1 Å². The van der Waals surface area contributed by atoms with Gasteiger partial charge in [0.25, 0.3) is 5.91 Å². The fraction of sp³-hybridized carbons (Fsp3) is 0.682. The molecule has 0 aliphatic carbocycles. The minimum Gasteiger partial charge on any atom is -0.350 e. The van der Waals surface area contributed by atoms with E-state index in [4.69, 9.17) is 0 Å².